The second kappa shape index (κ2) is 77.8. The first kappa shape index (κ1) is 99.2. The molecule has 5 unspecified atom stereocenters. The number of phosphoric ester groups is 2. The molecule has 0 bridgehead atoms. The molecular weight excluding hydrogens is 1340 g/mol. The van der Waals surface area contributed by atoms with Gasteiger partial charge in [-0.25, -0.2) is 9.13 Å². The number of carbonyl (C=O) groups is 3. The topological polar surface area (TPSA) is 231 Å². The Morgan fingerprint density at radius 1 is 0.282 bits per heavy atom. The van der Waals surface area contributed by atoms with E-state index in [1.807, 2.05) is 12.2 Å². The standard InChI is InChI=1S/C85H150O16P2/c1-4-7-10-13-16-19-22-25-28-30-31-32-33-34-35-36-37-38-39-40-41-42-43-44-45-46-47-49-52-53-56-59-62-65-68-71-83(88)95-74-80(86)75-97-102(91,92)98-76-81(87)77-99-103(93,94)100-79-82(101-85(90)73-70-67-64-61-58-55-50-27-24-21-18-15-12-9-6-3)78-96-84(89)72-69-66-63-60-57-54-51-48-29-26-23-20-17-14-11-8-5-2/h8,11,16-17,19-20,25-26,28-29,31-32,34-35,51,54,60,63,80-82,86-87H,4-7,9-10,12-15,18,21-24,27,30,33,36-50,52-53,55-59,61-62,64-79H2,1-3H3,(H,91,92)(H,93,94)/b11-8-,19-16-,20-17-,28-25-,29-26-,32-31-,35-34-,54-51-,63-60-. The van der Waals surface area contributed by atoms with Crippen LogP contribution >= 0.6 is 15.6 Å². The first-order chi connectivity index (χ1) is 50.2. The Kier molecular flexibility index (Phi) is 74.9. The van der Waals surface area contributed by atoms with Crippen LogP contribution in [0.25, 0.3) is 0 Å². The highest BCUT2D eigenvalue weighted by atomic mass is 31.2. The average Bonchev–Trinajstić information content (AvgIpc) is 0.927. The van der Waals surface area contributed by atoms with Crippen LogP contribution in [0.4, 0.5) is 0 Å². The van der Waals surface area contributed by atoms with E-state index in [0.717, 1.165) is 96.3 Å². The number of esters is 3. The minimum Gasteiger partial charge on any atom is -0.463 e. The van der Waals surface area contributed by atoms with E-state index in [1.165, 1.54) is 193 Å². The number of aliphatic hydroxyl groups is 2. The largest absolute Gasteiger partial charge is 0.472 e. The maximum absolute atomic E-state index is 12.9. The highest BCUT2D eigenvalue weighted by Crippen LogP contribution is 2.45. The van der Waals surface area contributed by atoms with Crippen LogP contribution in [0.15, 0.2) is 109 Å². The maximum atomic E-state index is 12.9. The molecule has 0 rings (SSSR count). The molecule has 0 fully saturated rings. The summed E-state index contributed by atoms with van der Waals surface area (Å²) in [5.74, 6) is -1.63. The second-order valence-electron chi connectivity index (χ2n) is 27.6. The van der Waals surface area contributed by atoms with Gasteiger partial charge in [0.2, 0.25) is 0 Å². The molecule has 0 radical (unpaired) electrons. The molecule has 0 amide bonds. The lowest BCUT2D eigenvalue weighted by molar-refractivity contribution is -0.161. The predicted molar refractivity (Wildman–Crippen MR) is 427 cm³/mol. The third-order valence-electron chi connectivity index (χ3n) is 17.5. The quantitative estimate of drug-likeness (QED) is 0.0146. The second-order valence-corrected chi connectivity index (χ2v) is 30.5. The summed E-state index contributed by atoms with van der Waals surface area (Å²) >= 11 is 0. The molecule has 0 aromatic rings. The van der Waals surface area contributed by atoms with Crippen molar-refractivity contribution in [1.82, 2.24) is 0 Å². The Bertz CT molecular complexity index is 2310. The van der Waals surface area contributed by atoms with Crippen molar-refractivity contribution >= 4 is 33.6 Å². The van der Waals surface area contributed by atoms with Crippen LogP contribution in [0.3, 0.4) is 0 Å². The van der Waals surface area contributed by atoms with Gasteiger partial charge in [0.1, 0.15) is 25.4 Å². The van der Waals surface area contributed by atoms with Crippen LogP contribution in [0.1, 0.15) is 355 Å². The van der Waals surface area contributed by atoms with Crippen LogP contribution in [0.5, 0.6) is 0 Å². The molecule has 18 heteroatoms. The van der Waals surface area contributed by atoms with E-state index in [-0.39, 0.29) is 19.3 Å². The molecule has 0 heterocycles. The van der Waals surface area contributed by atoms with Gasteiger partial charge in [-0.2, -0.15) is 0 Å². The zero-order valence-electron chi connectivity index (χ0n) is 65.2. The van der Waals surface area contributed by atoms with E-state index >= 15 is 0 Å². The monoisotopic (exact) mass is 1490 g/mol. The van der Waals surface area contributed by atoms with E-state index in [9.17, 15) is 43.5 Å². The molecular formula is C85H150O16P2. The van der Waals surface area contributed by atoms with Crippen LogP contribution in [-0.2, 0) is 55.8 Å². The van der Waals surface area contributed by atoms with Crippen molar-refractivity contribution in [3.63, 3.8) is 0 Å². The van der Waals surface area contributed by atoms with Crippen LogP contribution in [0.2, 0.25) is 0 Å². The lowest BCUT2D eigenvalue weighted by Gasteiger charge is -2.21. The van der Waals surface area contributed by atoms with E-state index in [1.54, 1.807) is 0 Å². The van der Waals surface area contributed by atoms with Gasteiger partial charge in [0.05, 0.1) is 26.4 Å². The number of ether oxygens (including phenoxy) is 3. The summed E-state index contributed by atoms with van der Waals surface area (Å²) in [6, 6.07) is 0. The summed E-state index contributed by atoms with van der Waals surface area (Å²) < 4.78 is 61.1. The Labute approximate surface area is 628 Å². The summed E-state index contributed by atoms with van der Waals surface area (Å²) in [6.07, 6.45) is 91.7. The Balaban J connectivity index is 4.39. The lowest BCUT2D eigenvalue weighted by Crippen LogP contribution is -2.30. The van der Waals surface area contributed by atoms with Gasteiger partial charge in [-0.05, 0) is 103 Å². The van der Waals surface area contributed by atoms with E-state index in [0.29, 0.717) is 25.7 Å². The fourth-order valence-electron chi connectivity index (χ4n) is 11.2. The van der Waals surface area contributed by atoms with Gasteiger partial charge in [0, 0.05) is 19.3 Å². The molecule has 0 aromatic carbocycles. The molecule has 0 aromatic heterocycles. The number of aliphatic hydroxyl groups excluding tert-OH is 2. The highest BCUT2D eigenvalue weighted by molar-refractivity contribution is 7.47. The van der Waals surface area contributed by atoms with Crippen LogP contribution < -0.4 is 0 Å². The minimum absolute atomic E-state index is 0.0936. The van der Waals surface area contributed by atoms with Gasteiger partial charge in [-0.3, -0.25) is 32.5 Å². The normalized spacial score (nSPS) is 14.5. The molecule has 0 aliphatic carbocycles. The summed E-state index contributed by atoms with van der Waals surface area (Å²) in [5, 5.41) is 20.6. The van der Waals surface area contributed by atoms with Crippen molar-refractivity contribution in [3.05, 3.63) is 109 Å². The Morgan fingerprint density at radius 3 is 0.874 bits per heavy atom. The number of hydrogen-bond donors (Lipinski definition) is 4. The molecule has 16 nitrogen and oxygen atoms in total. The van der Waals surface area contributed by atoms with Gasteiger partial charge in [-0.15, -0.1) is 0 Å². The summed E-state index contributed by atoms with van der Waals surface area (Å²) in [5.41, 5.74) is 0. The fraction of sp³-hybridized carbons (Fsp3) is 0.753. The Hall–Kier alpha value is -3.79. The number of unbranched alkanes of at least 4 members (excludes halogenated alkanes) is 37. The van der Waals surface area contributed by atoms with Gasteiger partial charge in [0.25, 0.3) is 0 Å². The summed E-state index contributed by atoms with van der Waals surface area (Å²) in [4.78, 5) is 58.6. The molecule has 0 aliphatic rings. The summed E-state index contributed by atoms with van der Waals surface area (Å²) in [7, 11) is -9.80. The highest BCUT2D eigenvalue weighted by Gasteiger charge is 2.29. The zero-order chi connectivity index (χ0) is 75.2. The van der Waals surface area contributed by atoms with Crippen LogP contribution in [0, 0.1) is 0 Å². The van der Waals surface area contributed by atoms with E-state index < -0.39 is 91.5 Å². The van der Waals surface area contributed by atoms with Crippen molar-refractivity contribution in [3.8, 4) is 0 Å². The third-order valence-corrected chi connectivity index (χ3v) is 19.4. The third kappa shape index (κ3) is 79.1. The van der Waals surface area contributed by atoms with E-state index in [2.05, 4.69) is 118 Å². The maximum Gasteiger partial charge on any atom is 0.472 e. The van der Waals surface area contributed by atoms with E-state index in [4.69, 9.17) is 32.3 Å². The number of carbonyl (C=O) groups excluding carboxylic acids is 3. The zero-order valence-corrected chi connectivity index (χ0v) is 67.0. The van der Waals surface area contributed by atoms with Crippen molar-refractivity contribution < 1.29 is 75.8 Å². The number of hydrogen-bond acceptors (Lipinski definition) is 14. The van der Waals surface area contributed by atoms with Crippen molar-refractivity contribution in [1.29, 1.82) is 0 Å². The Morgan fingerprint density at radius 2 is 0.524 bits per heavy atom. The van der Waals surface area contributed by atoms with Crippen LogP contribution in [-0.4, -0.2) is 95.9 Å². The van der Waals surface area contributed by atoms with Crippen molar-refractivity contribution in [2.75, 3.05) is 39.6 Å². The van der Waals surface area contributed by atoms with Gasteiger partial charge in [-0.1, -0.05) is 342 Å². The minimum atomic E-state index is -4.94. The summed E-state index contributed by atoms with van der Waals surface area (Å²) in [6.45, 7) is 2.51. The molecule has 4 N–H and O–H groups in total. The van der Waals surface area contributed by atoms with Crippen molar-refractivity contribution in [2.45, 2.75) is 373 Å². The average molecular weight is 1490 g/mol. The smallest absolute Gasteiger partial charge is 0.463 e. The molecule has 0 aliphatic heterocycles. The van der Waals surface area contributed by atoms with Gasteiger partial charge in [0.15, 0.2) is 6.10 Å². The number of phosphoric acid groups is 2. The molecule has 5 atom stereocenters. The molecule has 103 heavy (non-hydrogen) atoms. The molecule has 0 spiro atoms. The molecule has 0 saturated carbocycles. The molecule has 596 valence electrons. The van der Waals surface area contributed by atoms with Crippen molar-refractivity contribution in [2.24, 2.45) is 0 Å². The van der Waals surface area contributed by atoms with Gasteiger partial charge < -0.3 is 34.2 Å². The lowest BCUT2D eigenvalue weighted by atomic mass is 10.0. The number of allylic oxidation sites excluding steroid dienone is 18. The van der Waals surface area contributed by atoms with Gasteiger partial charge >= 0.3 is 33.6 Å². The number of rotatable bonds is 78. The predicted octanol–water partition coefficient (Wildman–Crippen LogP) is 24.3. The first-order valence-corrected chi connectivity index (χ1v) is 44.2. The SMILES string of the molecule is CC/C=C\C/C=C\C/C=C\C/C=C\C/C=C\CCCC(=O)OCC(COP(=O)(O)OCC(O)COP(=O)(O)OCC(O)COC(=O)CCCCCCCCCCCCCCCCCCCCC/C=C\C/C=C\C/C=C\C/C=C\CCCCC)OC(=O)CCCCCCCCCCCCCCCCC. The fourth-order valence-corrected chi connectivity index (χ4v) is 12.8. The first-order valence-electron chi connectivity index (χ1n) is 41.2. The molecule has 0 saturated heterocycles.